The van der Waals surface area contributed by atoms with Gasteiger partial charge in [-0.05, 0) is 37.7 Å². The van der Waals surface area contributed by atoms with E-state index < -0.39 is 0 Å². The van der Waals surface area contributed by atoms with Crippen molar-refractivity contribution in [2.75, 3.05) is 13.1 Å². The molecule has 2 aromatic heterocycles. The van der Waals surface area contributed by atoms with Crippen LogP contribution in [0.3, 0.4) is 0 Å². The minimum atomic E-state index is 0.0896. The molecule has 25 heavy (non-hydrogen) atoms. The second-order valence-corrected chi connectivity index (χ2v) is 8.43. The quantitative estimate of drug-likeness (QED) is 0.835. The molecule has 2 atom stereocenters. The van der Waals surface area contributed by atoms with E-state index in [1.807, 2.05) is 11.7 Å². The van der Waals surface area contributed by atoms with Crippen LogP contribution in [-0.4, -0.2) is 37.9 Å². The predicted octanol–water partition coefficient (Wildman–Crippen LogP) is 2.86. The molecule has 4 rings (SSSR count). The molecular formula is C19H29N5O. The minimum absolute atomic E-state index is 0.0896. The molecule has 0 spiro atoms. The average molecular weight is 343 g/mol. The highest BCUT2D eigenvalue weighted by atomic mass is 16.5. The van der Waals surface area contributed by atoms with Gasteiger partial charge in [0.1, 0.15) is 0 Å². The maximum atomic E-state index is 5.57. The Bertz CT molecular complexity index is 749. The second-order valence-electron chi connectivity index (χ2n) is 8.43. The Morgan fingerprint density at radius 2 is 2.24 bits per heavy atom. The number of aromatic nitrogens is 4. The van der Waals surface area contributed by atoms with Gasteiger partial charge in [0.15, 0.2) is 5.82 Å². The highest BCUT2D eigenvalue weighted by molar-refractivity contribution is 5.19. The summed E-state index contributed by atoms with van der Waals surface area (Å²) in [5.74, 6) is 2.93. The van der Waals surface area contributed by atoms with Crippen molar-refractivity contribution in [3.8, 4) is 0 Å². The third-order valence-electron chi connectivity index (χ3n) is 5.92. The van der Waals surface area contributed by atoms with Gasteiger partial charge in [-0.2, -0.15) is 10.1 Å². The SMILES string of the molecule is Cc1cc(CN2C[C@H]3CCC[C@@]3(c3noc(CC(C)C)n3)C2)n(C)n1. The zero-order valence-corrected chi connectivity index (χ0v) is 15.8. The van der Waals surface area contributed by atoms with Gasteiger partial charge in [0.25, 0.3) is 0 Å². The highest BCUT2D eigenvalue weighted by Gasteiger charge is 2.53. The Labute approximate surface area is 149 Å². The van der Waals surface area contributed by atoms with Crippen LogP contribution in [-0.2, 0) is 25.4 Å². The summed E-state index contributed by atoms with van der Waals surface area (Å²) in [7, 11) is 2.03. The first-order chi connectivity index (χ1) is 12.0. The molecular weight excluding hydrogens is 314 g/mol. The smallest absolute Gasteiger partial charge is 0.226 e. The Kier molecular flexibility index (Phi) is 4.18. The maximum Gasteiger partial charge on any atom is 0.226 e. The van der Waals surface area contributed by atoms with Gasteiger partial charge in [-0.1, -0.05) is 25.4 Å². The van der Waals surface area contributed by atoms with Gasteiger partial charge in [0.2, 0.25) is 5.89 Å². The normalized spacial score (nSPS) is 26.7. The molecule has 6 nitrogen and oxygen atoms in total. The molecule has 1 aliphatic carbocycles. The van der Waals surface area contributed by atoms with Crippen molar-refractivity contribution >= 4 is 0 Å². The summed E-state index contributed by atoms with van der Waals surface area (Å²) in [6, 6.07) is 2.19. The number of fused-ring (bicyclic) bond motifs is 1. The van der Waals surface area contributed by atoms with Crippen molar-refractivity contribution in [2.24, 2.45) is 18.9 Å². The molecule has 136 valence electrons. The lowest BCUT2D eigenvalue weighted by Gasteiger charge is -2.25. The van der Waals surface area contributed by atoms with Crippen LogP contribution in [0.1, 0.15) is 56.2 Å². The van der Waals surface area contributed by atoms with Crippen LogP contribution in [0.4, 0.5) is 0 Å². The summed E-state index contributed by atoms with van der Waals surface area (Å²) >= 11 is 0. The molecule has 0 bridgehead atoms. The lowest BCUT2D eigenvalue weighted by Crippen LogP contribution is -2.33. The van der Waals surface area contributed by atoms with Crippen molar-refractivity contribution in [3.05, 3.63) is 29.2 Å². The van der Waals surface area contributed by atoms with Gasteiger partial charge in [0.05, 0.1) is 16.8 Å². The van der Waals surface area contributed by atoms with E-state index in [1.54, 1.807) is 0 Å². The molecule has 2 fully saturated rings. The van der Waals surface area contributed by atoms with E-state index in [0.717, 1.165) is 43.5 Å². The third-order valence-corrected chi connectivity index (χ3v) is 5.92. The number of nitrogens with zero attached hydrogens (tertiary/aromatic N) is 5. The van der Waals surface area contributed by atoms with Gasteiger partial charge in [0, 0.05) is 33.1 Å². The van der Waals surface area contributed by atoms with Crippen molar-refractivity contribution in [3.63, 3.8) is 0 Å². The van der Waals surface area contributed by atoms with E-state index in [9.17, 15) is 0 Å². The fourth-order valence-electron chi connectivity index (χ4n) is 4.81. The Hall–Kier alpha value is -1.69. The Balaban J connectivity index is 1.54. The van der Waals surface area contributed by atoms with Gasteiger partial charge >= 0.3 is 0 Å². The number of likely N-dealkylation sites (tertiary alicyclic amines) is 1. The third kappa shape index (κ3) is 3.01. The second kappa shape index (κ2) is 6.24. The fourth-order valence-corrected chi connectivity index (χ4v) is 4.81. The first-order valence-corrected chi connectivity index (χ1v) is 9.51. The predicted molar refractivity (Wildman–Crippen MR) is 95.1 cm³/mol. The van der Waals surface area contributed by atoms with E-state index >= 15 is 0 Å². The standard InChI is InChI=1S/C19H29N5O/c1-13(2)8-17-20-18(22-25-17)19-7-5-6-15(19)10-24(12-19)11-16-9-14(3)21-23(16)4/h9,13,15H,5-8,10-12H2,1-4H3/t15-,19-/m1/s1. The monoisotopic (exact) mass is 343 g/mol. The molecule has 2 aromatic rings. The van der Waals surface area contributed by atoms with Gasteiger partial charge < -0.3 is 4.52 Å². The zero-order chi connectivity index (χ0) is 17.6. The summed E-state index contributed by atoms with van der Waals surface area (Å²) in [5, 5.41) is 8.90. The van der Waals surface area contributed by atoms with Crippen molar-refractivity contribution in [1.82, 2.24) is 24.8 Å². The van der Waals surface area contributed by atoms with Crippen LogP contribution in [0.15, 0.2) is 10.6 Å². The molecule has 3 heterocycles. The number of hydrogen-bond acceptors (Lipinski definition) is 5. The van der Waals surface area contributed by atoms with E-state index in [2.05, 4.69) is 42.0 Å². The van der Waals surface area contributed by atoms with E-state index in [4.69, 9.17) is 9.51 Å². The van der Waals surface area contributed by atoms with Crippen LogP contribution in [0.5, 0.6) is 0 Å². The summed E-state index contributed by atoms with van der Waals surface area (Å²) in [5.41, 5.74) is 2.45. The van der Waals surface area contributed by atoms with E-state index in [-0.39, 0.29) is 5.41 Å². The fraction of sp³-hybridized carbons (Fsp3) is 0.737. The van der Waals surface area contributed by atoms with Gasteiger partial charge in [-0.15, -0.1) is 0 Å². The molecule has 1 saturated carbocycles. The lowest BCUT2D eigenvalue weighted by molar-refractivity contribution is 0.279. The van der Waals surface area contributed by atoms with Crippen LogP contribution >= 0.6 is 0 Å². The van der Waals surface area contributed by atoms with E-state index in [1.165, 1.54) is 25.0 Å². The molecule has 0 unspecified atom stereocenters. The molecule has 0 aromatic carbocycles. The Morgan fingerprint density at radius 3 is 2.96 bits per heavy atom. The van der Waals surface area contributed by atoms with Gasteiger partial charge in [-0.3, -0.25) is 9.58 Å². The number of rotatable bonds is 5. The first kappa shape index (κ1) is 16.8. The summed E-state index contributed by atoms with van der Waals surface area (Å²) in [6.45, 7) is 9.54. The molecule has 0 radical (unpaired) electrons. The van der Waals surface area contributed by atoms with Crippen molar-refractivity contribution in [2.45, 2.75) is 58.4 Å². The summed E-state index contributed by atoms with van der Waals surface area (Å²) in [6.07, 6.45) is 4.59. The molecule has 6 heteroatoms. The molecule has 2 aliphatic rings. The minimum Gasteiger partial charge on any atom is -0.339 e. The van der Waals surface area contributed by atoms with Crippen molar-refractivity contribution < 1.29 is 4.52 Å². The van der Waals surface area contributed by atoms with Crippen LogP contribution in [0.25, 0.3) is 0 Å². The first-order valence-electron chi connectivity index (χ1n) is 9.51. The average Bonchev–Trinajstić information content (AvgIpc) is 3.23. The van der Waals surface area contributed by atoms with Gasteiger partial charge in [-0.25, -0.2) is 0 Å². The molecule has 1 aliphatic heterocycles. The highest BCUT2D eigenvalue weighted by Crippen LogP contribution is 2.49. The van der Waals surface area contributed by atoms with E-state index in [0.29, 0.717) is 11.8 Å². The molecule has 0 N–H and O–H groups in total. The molecule has 1 saturated heterocycles. The van der Waals surface area contributed by atoms with Crippen LogP contribution in [0, 0.1) is 18.8 Å². The Morgan fingerprint density at radius 1 is 1.40 bits per heavy atom. The van der Waals surface area contributed by atoms with Crippen LogP contribution in [0.2, 0.25) is 0 Å². The zero-order valence-electron chi connectivity index (χ0n) is 15.8. The topological polar surface area (TPSA) is 60.0 Å². The summed E-state index contributed by atoms with van der Waals surface area (Å²) < 4.78 is 7.58. The largest absolute Gasteiger partial charge is 0.339 e. The van der Waals surface area contributed by atoms with Crippen molar-refractivity contribution in [1.29, 1.82) is 0 Å². The lowest BCUT2D eigenvalue weighted by atomic mass is 9.80. The summed E-state index contributed by atoms with van der Waals surface area (Å²) in [4.78, 5) is 7.36. The number of hydrogen-bond donors (Lipinski definition) is 0. The maximum absolute atomic E-state index is 5.57. The van der Waals surface area contributed by atoms with Crippen LogP contribution < -0.4 is 0 Å². The number of aryl methyl sites for hydroxylation is 2. The molecule has 0 amide bonds.